The minimum Gasteiger partial charge on any atom is -0.461 e. The average molecular weight is 588 g/mol. The normalized spacial score (nSPS) is 23.1. The number of nitroso groups, excluding NO2 is 1. The molecule has 1 N–H and O–H groups in total. The molecule has 2 aromatic rings. The summed E-state index contributed by atoms with van der Waals surface area (Å²) >= 11 is 0. The molecule has 13 heteroatoms. The van der Waals surface area contributed by atoms with Crippen molar-refractivity contribution in [2.45, 2.75) is 78.2 Å². The molecule has 226 valence electrons. The van der Waals surface area contributed by atoms with Crippen molar-refractivity contribution in [3.8, 4) is 11.5 Å². The van der Waals surface area contributed by atoms with Crippen molar-refractivity contribution in [1.29, 1.82) is 0 Å². The highest BCUT2D eigenvalue weighted by molar-refractivity contribution is 5.83. The van der Waals surface area contributed by atoms with Gasteiger partial charge in [-0.2, -0.15) is 0 Å². The molecule has 3 rings (SSSR count). The highest BCUT2D eigenvalue weighted by atomic mass is 16.8. The molecule has 0 aliphatic carbocycles. The summed E-state index contributed by atoms with van der Waals surface area (Å²) in [4.78, 5) is 58.9. The van der Waals surface area contributed by atoms with Gasteiger partial charge in [0.25, 0.3) is 0 Å². The number of carbonyl (C=O) groups excluding carboxylic acids is 4. The van der Waals surface area contributed by atoms with Gasteiger partial charge in [-0.15, -0.1) is 4.91 Å². The Bertz CT molecular complexity index is 1270. The molecule has 1 heterocycles. The van der Waals surface area contributed by atoms with Crippen LogP contribution in [0.5, 0.6) is 11.5 Å². The fourth-order valence-corrected chi connectivity index (χ4v) is 4.44. The maximum Gasteiger partial charge on any atom is 0.321 e. The topological polar surface area (TPSA) is 173 Å². The summed E-state index contributed by atoms with van der Waals surface area (Å²) in [6.07, 6.45) is -5.15. The lowest BCUT2D eigenvalue weighted by molar-refractivity contribution is -0.312. The van der Waals surface area contributed by atoms with Crippen LogP contribution in [-0.4, -0.2) is 59.2 Å². The van der Waals surface area contributed by atoms with E-state index in [-0.39, 0.29) is 36.0 Å². The number of rotatable bonds is 13. The molecule has 6 atom stereocenters. The van der Waals surface area contributed by atoms with Gasteiger partial charge in [0, 0.05) is 33.1 Å². The monoisotopic (exact) mass is 587 g/mol. The zero-order valence-corrected chi connectivity index (χ0v) is 23.8. The van der Waals surface area contributed by atoms with Gasteiger partial charge in [0.15, 0.2) is 11.9 Å². The third-order valence-corrected chi connectivity index (χ3v) is 6.14. The smallest absolute Gasteiger partial charge is 0.321 e. The summed E-state index contributed by atoms with van der Waals surface area (Å²) in [7, 11) is 0. The van der Waals surface area contributed by atoms with Gasteiger partial charge in [0.1, 0.15) is 29.1 Å². The summed E-state index contributed by atoms with van der Waals surface area (Å²) < 4.78 is 33.6. The highest BCUT2D eigenvalue weighted by Crippen LogP contribution is 2.35. The van der Waals surface area contributed by atoms with Gasteiger partial charge in [-0.3, -0.25) is 14.4 Å². The van der Waals surface area contributed by atoms with Crippen LogP contribution >= 0.6 is 0 Å². The quantitative estimate of drug-likeness (QED) is 0.206. The van der Waals surface area contributed by atoms with Gasteiger partial charge in [-0.25, -0.2) is 0 Å². The summed E-state index contributed by atoms with van der Waals surface area (Å²) in [5.74, 6) is -4.50. The number of ketones is 2. The van der Waals surface area contributed by atoms with Crippen LogP contribution in [-0.2, 0) is 44.7 Å². The fraction of sp³-hybridized carbons (Fsp3) is 0.448. The number of Topliss-reactive ketones (excluding diaryl/α,β-unsaturated/α-hetero) is 2. The van der Waals surface area contributed by atoms with E-state index in [1.807, 2.05) is 0 Å². The number of ether oxygens (including phenoxy) is 6. The number of hydrogen-bond donors (Lipinski definition) is 1. The zero-order chi connectivity index (χ0) is 31.0. The number of carbonyl (C=O) groups is 4. The largest absolute Gasteiger partial charge is 0.461 e. The van der Waals surface area contributed by atoms with Crippen LogP contribution in [0.1, 0.15) is 46.6 Å². The van der Waals surface area contributed by atoms with E-state index in [2.05, 4.69) is 5.18 Å². The molecule has 13 nitrogen and oxygen atoms in total. The van der Waals surface area contributed by atoms with Crippen LogP contribution in [0.25, 0.3) is 0 Å². The second-order valence-corrected chi connectivity index (χ2v) is 9.89. The summed E-state index contributed by atoms with van der Waals surface area (Å²) in [6.45, 7) is 6.15. The first-order chi connectivity index (χ1) is 19.8. The van der Waals surface area contributed by atoms with Crippen molar-refractivity contribution in [3.63, 3.8) is 0 Å². The van der Waals surface area contributed by atoms with E-state index in [0.29, 0.717) is 5.56 Å². The number of esters is 2. The lowest BCUT2D eigenvalue weighted by atomic mass is 9.83. The van der Waals surface area contributed by atoms with Crippen molar-refractivity contribution in [2.24, 2.45) is 11.1 Å². The zero-order valence-electron chi connectivity index (χ0n) is 23.8. The second kappa shape index (κ2) is 14.1. The van der Waals surface area contributed by atoms with Crippen LogP contribution in [0, 0.1) is 10.8 Å². The summed E-state index contributed by atoms with van der Waals surface area (Å²) in [5.41, 5.74) is 0.825. The summed E-state index contributed by atoms with van der Waals surface area (Å²) in [5, 5.41) is 13.3. The Morgan fingerprint density at radius 3 is 1.98 bits per heavy atom. The van der Waals surface area contributed by atoms with Crippen LogP contribution in [0.4, 0.5) is 5.69 Å². The molecule has 0 spiro atoms. The van der Waals surface area contributed by atoms with E-state index < -0.39 is 54.2 Å². The Morgan fingerprint density at radius 1 is 0.881 bits per heavy atom. The molecule has 1 aliphatic rings. The molecular formula is C29H33NO12. The number of hydrogen-bond acceptors (Lipinski definition) is 13. The van der Waals surface area contributed by atoms with Crippen LogP contribution < -0.4 is 9.47 Å². The number of aliphatic hydroxyl groups is 1. The standard InChI is InChI=1S/C29H33NO12/c1-16(31)14-24-25(17(2)32)41-28(27(39-19(4)34)26(24)38-18(3)33)40-22-10-6-20(7-11-22)15-37-29(5,35)42-23-12-8-21(30-36)9-13-23/h6-13,24-28,35H,14-15H2,1-5H3/t24-,25-,26?,27-,28-,29?/m1/s1. The van der Waals surface area contributed by atoms with Crippen molar-refractivity contribution in [1.82, 2.24) is 0 Å². The van der Waals surface area contributed by atoms with E-state index in [9.17, 15) is 29.2 Å². The van der Waals surface area contributed by atoms with Crippen molar-refractivity contribution in [2.75, 3.05) is 0 Å². The van der Waals surface area contributed by atoms with E-state index in [1.54, 1.807) is 24.3 Å². The van der Waals surface area contributed by atoms with Gasteiger partial charge >= 0.3 is 17.9 Å². The Labute approximate surface area is 242 Å². The predicted octanol–water partition coefficient (Wildman–Crippen LogP) is 3.50. The maximum atomic E-state index is 12.5. The van der Waals surface area contributed by atoms with Gasteiger partial charge in [-0.05, 0) is 61.0 Å². The van der Waals surface area contributed by atoms with Gasteiger partial charge < -0.3 is 38.3 Å². The third kappa shape index (κ3) is 9.16. The van der Waals surface area contributed by atoms with Crippen LogP contribution in [0.3, 0.4) is 0 Å². The maximum absolute atomic E-state index is 12.5. The summed E-state index contributed by atoms with van der Waals surface area (Å²) in [6, 6.07) is 12.1. The Morgan fingerprint density at radius 2 is 1.45 bits per heavy atom. The second-order valence-electron chi connectivity index (χ2n) is 9.89. The molecule has 0 amide bonds. The van der Waals surface area contributed by atoms with Gasteiger partial charge in [-0.1, -0.05) is 12.1 Å². The molecule has 1 fully saturated rings. The van der Waals surface area contributed by atoms with E-state index >= 15 is 0 Å². The lowest BCUT2D eigenvalue weighted by Crippen LogP contribution is -2.60. The minimum atomic E-state index is -2.00. The molecular weight excluding hydrogens is 554 g/mol. The molecule has 0 aromatic heterocycles. The minimum absolute atomic E-state index is 0.0646. The molecule has 0 bridgehead atoms. The van der Waals surface area contributed by atoms with Crippen LogP contribution in [0.2, 0.25) is 0 Å². The first-order valence-corrected chi connectivity index (χ1v) is 13.0. The van der Waals surface area contributed by atoms with Gasteiger partial charge in [0.05, 0.1) is 6.61 Å². The van der Waals surface area contributed by atoms with E-state index in [0.717, 1.165) is 13.8 Å². The molecule has 0 saturated carbocycles. The fourth-order valence-electron chi connectivity index (χ4n) is 4.44. The molecule has 0 radical (unpaired) electrons. The SMILES string of the molecule is CC(=O)C[C@H]1C(OC(C)=O)[C@@H](OC(C)=O)[C@H](Oc2ccc(COC(C)(O)Oc3ccc(N=O)cc3)cc2)O[C@@H]1C(C)=O. The van der Waals surface area contributed by atoms with Crippen molar-refractivity contribution in [3.05, 3.63) is 59.0 Å². The van der Waals surface area contributed by atoms with E-state index in [4.69, 9.17) is 28.4 Å². The lowest BCUT2D eigenvalue weighted by Gasteiger charge is -2.44. The van der Waals surface area contributed by atoms with Gasteiger partial charge in [0.2, 0.25) is 12.4 Å². The third-order valence-electron chi connectivity index (χ3n) is 6.14. The van der Waals surface area contributed by atoms with Crippen LogP contribution in [0.15, 0.2) is 53.7 Å². The first kappa shape index (κ1) is 32.3. The number of nitrogens with zero attached hydrogens (tertiary/aromatic N) is 1. The molecule has 2 aromatic carbocycles. The molecule has 1 saturated heterocycles. The van der Waals surface area contributed by atoms with Crippen molar-refractivity contribution >= 4 is 29.2 Å². The van der Waals surface area contributed by atoms with E-state index in [1.165, 1.54) is 45.0 Å². The molecule has 42 heavy (non-hydrogen) atoms. The Kier molecular flexibility index (Phi) is 10.9. The highest BCUT2D eigenvalue weighted by Gasteiger charge is 2.52. The predicted molar refractivity (Wildman–Crippen MR) is 144 cm³/mol. The van der Waals surface area contributed by atoms with Crippen molar-refractivity contribution < 1.29 is 52.7 Å². The first-order valence-electron chi connectivity index (χ1n) is 13.0. The molecule has 2 unspecified atom stereocenters. The number of benzene rings is 2. The average Bonchev–Trinajstić information content (AvgIpc) is 2.90. The Balaban J connectivity index is 1.74. The Hall–Kier alpha value is -4.20. The molecule has 1 aliphatic heterocycles.